The average molecular weight is 339 g/mol. The van der Waals surface area contributed by atoms with Gasteiger partial charge in [0.15, 0.2) is 0 Å². The Bertz CT molecular complexity index is 406. The molecule has 0 spiro atoms. The molecule has 2 nitrogen and oxygen atoms in total. The summed E-state index contributed by atoms with van der Waals surface area (Å²) in [6.45, 7) is 6.88. The number of pyridine rings is 1. The number of nitrogens with zero attached hydrogens (tertiary/aromatic N) is 1. The second kappa shape index (κ2) is 8.14. The molecule has 0 bridgehead atoms. The first kappa shape index (κ1) is 16.0. The smallest absolute Gasteiger partial charge is 0.0410 e. The summed E-state index contributed by atoms with van der Waals surface area (Å²) in [6.07, 6.45) is 10.6. The summed E-state index contributed by atoms with van der Waals surface area (Å²) in [6, 6.07) is 2.22. The predicted molar refractivity (Wildman–Crippen MR) is 88.8 cm³/mol. The molecule has 2 rings (SSSR count). The van der Waals surface area contributed by atoms with Crippen LogP contribution in [0.2, 0.25) is 0 Å². The third-order valence-electron chi connectivity index (χ3n) is 4.29. The van der Waals surface area contributed by atoms with Gasteiger partial charge in [0, 0.05) is 16.9 Å². The molecular weight excluding hydrogens is 312 g/mol. The van der Waals surface area contributed by atoms with Gasteiger partial charge in [-0.25, -0.2) is 0 Å². The molecule has 2 unspecified atom stereocenters. The molecule has 20 heavy (non-hydrogen) atoms. The van der Waals surface area contributed by atoms with Crippen LogP contribution in [0.4, 0.5) is 0 Å². The molecule has 1 N–H and O–H groups in total. The number of hydrogen-bond acceptors (Lipinski definition) is 2. The summed E-state index contributed by atoms with van der Waals surface area (Å²) in [5.41, 5.74) is 1.38. The number of hydrogen-bond donors (Lipinski definition) is 1. The van der Waals surface area contributed by atoms with Crippen LogP contribution in [-0.2, 0) is 6.42 Å². The summed E-state index contributed by atoms with van der Waals surface area (Å²) < 4.78 is 1.10. The molecule has 0 saturated heterocycles. The summed E-state index contributed by atoms with van der Waals surface area (Å²) in [5.74, 6) is 2.40. The molecule has 0 aliphatic heterocycles. The van der Waals surface area contributed by atoms with Gasteiger partial charge >= 0.3 is 0 Å². The van der Waals surface area contributed by atoms with Crippen LogP contribution in [0, 0.1) is 17.8 Å². The van der Waals surface area contributed by atoms with Gasteiger partial charge in [0.2, 0.25) is 0 Å². The van der Waals surface area contributed by atoms with E-state index >= 15 is 0 Å². The highest BCUT2D eigenvalue weighted by molar-refractivity contribution is 9.10. The Morgan fingerprint density at radius 2 is 2.00 bits per heavy atom. The zero-order valence-electron chi connectivity index (χ0n) is 12.7. The van der Waals surface area contributed by atoms with E-state index in [4.69, 9.17) is 0 Å². The molecule has 1 aromatic rings. The number of aromatic nitrogens is 1. The highest BCUT2D eigenvalue weighted by atomic mass is 79.9. The van der Waals surface area contributed by atoms with Crippen molar-refractivity contribution in [3.63, 3.8) is 0 Å². The maximum absolute atomic E-state index is 4.30. The SMILES string of the molecule is CC(C)CNCC1CCCCC1Cc1cncc(Br)c1. The highest BCUT2D eigenvalue weighted by Crippen LogP contribution is 2.32. The van der Waals surface area contributed by atoms with E-state index in [0.29, 0.717) is 0 Å². The van der Waals surface area contributed by atoms with Crippen molar-refractivity contribution < 1.29 is 0 Å². The van der Waals surface area contributed by atoms with Crippen LogP contribution < -0.4 is 5.32 Å². The fraction of sp³-hybridized carbons (Fsp3) is 0.706. The van der Waals surface area contributed by atoms with Gasteiger partial charge in [-0.3, -0.25) is 4.98 Å². The lowest BCUT2D eigenvalue weighted by Crippen LogP contribution is -2.33. The second-order valence-corrected chi connectivity index (χ2v) is 7.49. The van der Waals surface area contributed by atoms with Gasteiger partial charge in [-0.2, -0.15) is 0 Å². The average Bonchev–Trinajstić information content (AvgIpc) is 2.40. The quantitative estimate of drug-likeness (QED) is 0.829. The topological polar surface area (TPSA) is 24.9 Å². The number of halogens is 1. The lowest BCUT2D eigenvalue weighted by molar-refractivity contribution is 0.226. The van der Waals surface area contributed by atoms with Gasteiger partial charge in [0.05, 0.1) is 0 Å². The maximum Gasteiger partial charge on any atom is 0.0410 e. The van der Waals surface area contributed by atoms with Crippen molar-refractivity contribution in [3.8, 4) is 0 Å². The fourth-order valence-corrected chi connectivity index (χ4v) is 3.66. The summed E-state index contributed by atoms with van der Waals surface area (Å²) in [5, 5.41) is 3.66. The van der Waals surface area contributed by atoms with E-state index in [0.717, 1.165) is 28.8 Å². The van der Waals surface area contributed by atoms with E-state index in [1.54, 1.807) is 0 Å². The van der Waals surface area contributed by atoms with Gasteiger partial charge in [-0.1, -0.05) is 26.7 Å². The summed E-state index contributed by atoms with van der Waals surface area (Å²) in [7, 11) is 0. The Morgan fingerprint density at radius 1 is 1.25 bits per heavy atom. The molecule has 1 aliphatic rings. The third kappa shape index (κ3) is 5.17. The molecule has 1 heterocycles. The normalized spacial score (nSPS) is 23.2. The van der Waals surface area contributed by atoms with Gasteiger partial charge in [-0.05, 0) is 77.7 Å². The molecule has 1 fully saturated rings. The van der Waals surface area contributed by atoms with Gasteiger partial charge in [-0.15, -0.1) is 0 Å². The van der Waals surface area contributed by atoms with Crippen molar-refractivity contribution in [1.29, 1.82) is 0 Å². The highest BCUT2D eigenvalue weighted by Gasteiger charge is 2.25. The molecule has 0 radical (unpaired) electrons. The van der Waals surface area contributed by atoms with Gasteiger partial charge in [0.1, 0.15) is 0 Å². The first-order valence-electron chi connectivity index (χ1n) is 7.95. The Balaban J connectivity index is 1.89. The van der Waals surface area contributed by atoms with Crippen molar-refractivity contribution >= 4 is 15.9 Å². The number of rotatable bonds is 6. The Morgan fingerprint density at radius 3 is 2.70 bits per heavy atom. The van der Waals surface area contributed by atoms with E-state index in [-0.39, 0.29) is 0 Å². The van der Waals surface area contributed by atoms with Crippen molar-refractivity contribution in [2.75, 3.05) is 13.1 Å². The molecule has 2 atom stereocenters. The van der Waals surface area contributed by atoms with Crippen LogP contribution in [0.15, 0.2) is 22.9 Å². The number of nitrogens with one attached hydrogen (secondary N) is 1. The molecule has 1 aliphatic carbocycles. The van der Waals surface area contributed by atoms with Gasteiger partial charge < -0.3 is 5.32 Å². The maximum atomic E-state index is 4.30. The minimum atomic E-state index is 0.742. The lowest BCUT2D eigenvalue weighted by atomic mass is 9.76. The molecule has 0 aromatic carbocycles. The zero-order valence-corrected chi connectivity index (χ0v) is 14.3. The van der Waals surface area contributed by atoms with Crippen molar-refractivity contribution in [1.82, 2.24) is 10.3 Å². The van der Waals surface area contributed by atoms with E-state index in [1.807, 2.05) is 12.4 Å². The van der Waals surface area contributed by atoms with E-state index < -0.39 is 0 Å². The molecule has 1 aromatic heterocycles. The van der Waals surface area contributed by atoms with Crippen molar-refractivity contribution in [3.05, 3.63) is 28.5 Å². The Kier molecular flexibility index (Phi) is 6.50. The van der Waals surface area contributed by atoms with Crippen LogP contribution in [0.25, 0.3) is 0 Å². The van der Waals surface area contributed by atoms with Gasteiger partial charge in [0.25, 0.3) is 0 Å². The first-order chi connectivity index (χ1) is 9.65. The van der Waals surface area contributed by atoms with Crippen LogP contribution in [0.5, 0.6) is 0 Å². The Hall–Kier alpha value is -0.410. The van der Waals surface area contributed by atoms with Crippen LogP contribution >= 0.6 is 15.9 Å². The largest absolute Gasteiger partial charge is 0.316 e. The fourth-order valence-electron chi connectivity index (χ4n) is 3.25. The summed E-state index contributed by atoms with van der Waals surface area (Å²) in [4.78, 5) is 4.30. The minimum Gasteiger partial charge on any atom is -0.316 e. The Labute approximate surface area is 131 Å². The molecule has 0 amide bonds. The monoisotopic (exact) mass is 338 g/mol. The van der Waals surface area contributed by atoms with Crippen LogP contribution in [0.3, 0.4) is 0 Å². The molecule has 3 heteroatoms. The standard InChI is InChI=1S/C17H27BrN2/c1-13(2)9-19-11-16-6-4-3-5-15(16)7-14-8-17(18)12-20-10-14/h8,10,12-13,15-16,19H,3-7,9,11H2,1-2H3. The predicted octanol–water partition coefficient (Wildman–Crippen LogP) is 4.44. The molecule has 112 valence electrons. The second-order valence-electron chi connectivity index (χ2n) is 6.57. The summed E-state index contributed by atoms with van der Waals surface area (Å²) >= 11 is 3.53. The first-order valence-corrected chi connectivity index (χ1v) is 8.74. The third-order valence-corrected chi connectivity index (χ3v) is 4.72. The van der Waals surface area contributed by atoms with Crippen LogP contribution in [0.1, 0.15) is 45.1 Å². The van der Waals surface area contributed by atoms with E-state index in [9.17, 15) is 0 Å². The minimum absolute atomic E-state index is 0.742. The van der Waals surface area contributed by atoms with Crippen molar-refractivity contribution in [2.45, 2.75) is 46.0 Å². The molecular formula is C17H27BrN2. The van der Waals surface area contributed by atoms with E-state index in [2.05, 4.69) is 46.1 Å². The lowest BCUT2D eigenvalue weighted by Gasteiger charge is -2.32. The zero-order chi connectivity index (χ0) is 14.4. The van der Waals surface area contributed by atoms with Crippen molar-refractivity contribution in [2.24, 2.45) is 17.8 Å². The molecule has 1 saturated carbocycles. The van der Waals surface area contributed by atoms with E-state index in [1.165, 1.54) is 44.2 Å². The van der Waals surface area contributed by atoms with Crippen LogP contribution in [-0.4, -0.2) is 18.1 Å².